The van der Waals surface area contributed by atoms with Crippen LogP contribution in [0.25, 0.3) is 0 Å². The van der Waals surface area contributed by atoms with Gasteiger partial charge in [-0.25, -0.2) is 4.79 Å². The van der Waals surface area contributed by atoms with Crippen LogP contribution in [-0.4, -0.2) is 49.1 Å². The molecular weight excluding hydrogens is 416 g/mol. The summed E-state index contributed by atoms with van der Waals surface area (Å²) < 4.78 is 23.4. The van der Waals surface area contributed by atoms with E-state index < -0.39 is 35.0 Å². The molecule has 3 heterocycles. The van der Waals surface area contributed by atoms with Crippen LogP contribution in [0.15, 0.2) is 42.5 Å². The molecule has 32 heavy (non-hydrogen) atoms. The molecule has 2 aromatic carbocycles. The van der Waals surface area contributed by atoms with Crippen molar-refractivity contribution in [2.75, 3.05) is 19.1 Å². The lowest BCUT2D eigenvalue weighted by molar-refractivity contribution is -0.385. The van der Waals surface area contributed by atoms with Crippen molar-refractivity contribution in [3.63, 3.8) is 0 Å². The van der Waals surface area contributed by atoms with Crippen LogP contribution in [0.4, 0.5) is 11.4 Å². The molecule has 168 valence electrons. The Kier molecular flexibility index (Phi) is 4.83. The second-order valence-electron chi connectivity index (χ2n) is 8.46. The molecule has 0 spiro atoms. The van der Waals surface area contributed by atoms with E-state index in [2.05, 4.69) is 0 Å². The number of para-hydroxylation sites is 1. The molecule has 3 aliphatic rings. The number of esters is 1. The molecule has 0 bridgehead atoms. The number of carbonyl (C=O) groups is 1. The number of non-ortho nitro benzene ring substituents is 1. The molecule has 2 aromatic rings. The standard InChI is InChI=1S/C23H24N2O7/c1-23(22(29-2)30-3)20-19(15-12-14(25(27)28)9-11-18(15)32-23)24-16-7-5-4-6-13(16)8-10-17(24)21(26)31-20/h4-7,9,11-12,17,19-20,22H,8,10H2,1-3H3/t17-,19-,20-,23-/m1/s1. The van der Waals surface area contributed by atoms with E-state index in [1.807, 2.05) is 29.2 Å². The van der Waals surface area contributed by atoms with Crippen LogP contribution in [0.3, 0.4) is 0 Å². The second-order valence-corrected chi connectivity index (χ2v) is 8.46. The number of anilines is 1. The fraction of sp³-hybridized carbons (Fsp3) is 0.435. The molecule has 1 fully saturated rings. The monoisotopic (exact) mass is 440 g/mol. The quantitative estimate of drug-likeness (QED) is 0.309. The van der Waals surface area contributed by atoms with Crippen molar-refractivity contribution < 1.29 is 28.7 Å². The van der Waals surface area contributed by atoms with Crippen molar-refractivity contribution in [1.82, 2.24) is 0 Å². The largest absolute Gasteiger partial charge is 0.478 e. The second kappa shape index (κ2) is 7.46. The van der Waals surface area contributed by atoms with E-state index in [0.29, 0.717) is 17.7 Å². The molecule has 4 atom stereocenters. The molecule has 0 N–H and O–H groups in total. The molecule has 0 aliphatic carbocycles. The molecule has 0 aromatic heterocycles. The number of benzene rings is 2. The zero-order valence-electron chi connectivity index (χ0n) is 18.0. The maximum atomic E-state index is 13.2. The zero-order valence-corrected chi connectivity index (χ0v) is 18.0. The van der Waals surface area contributed by atoms with Crippen LogP contribution in [0.2, 0.25) is 0 Å². The van der Waals surface area contributed by atoms with E-state index in [0.717, 1.165) is 17.7 Å². The van der Waals surface area contributed by atoms with E-state index in [1.165, 1.54) is 26.4 Å². The Morgan fingerprint density at radius 1 is 1.22 bits per heavy atom. The fourth-order valence-corrected chi connectivity index (χ4v) is 5.32. The lowest BCUT2D eigenvalue weighted by atomic mass is 9.79. The molecule has 0 saturated carbocycles. The number of aryl methyl sites for hydroxylation is 1. The van der Waals surface area contributed by atoms with Crippen LogP contribution in [0.5, 0.6) is 5.75 Å². The lowest BCUT2D eigenvalue weighted by Crippen LogP contribution is -2.68. The number of ether oxygens (including phenoxy) is 4. The summed E-state index contributed by atoms with van der Waals surface area (Å²) in [6.45, 7) is 1.77. The first kappa shape index (κ1) is 20.7. The van der Waals surface area contributed by atoms with Gasteiger partial charge in [0.2, 0.25) is 6.29 Å². The van der Waals surface area contributed by atoms with Crippen molar-refractivity contribution in [2.45, 2.75) is 49.8 Å². The van der Waals surface area contributed by atoms with Crippen molar-refractivity contribution in [3.05, 3.63) is 63.7 Å². The summed E-state index contributed by atoms with van der Waals surface area (Å²) in [4.78, 5) is 26.3. The minimum Gasteiger partial charge on any atom is -0.478 e. The van der Waals surface area contributed by atoms with Crippen molar-refractivity contribution >= 4 is 17.3 Å². The number of nitrogens with zero attached hydrogens (tertiary/aromatic N) is 2. The van der Waals surface area contributed by atoms with Gasteiger partial charge in [0.25, 0.3) is 5.69 Å². The predicted octanol–water partition coefficient (Wildman–Crippen LogP) is 3.15. The van der Waals surface area contributed by atoms with Crippen LogP contribution in [0, 0.1) is 10.1 Å². The van der Waals surface area contributed by atoms with Crippen LogP contribution in [-0.2, 0) is 25.4 Å². The minimum atomic E-state index is -1.19. The average molecular weight is 440 g/mol. The summed E-state index contributed by atoms with van der Waals surface area (Å²) in [5.41, 5.74) is 1.39. The van der Waals surface area contributed by atoms with Gasteiger partial charge in [-0.3, -0.25) is 10.1 Å². The number of methoxy groups -OCH3 is 2. The number of morpholine rings is 1. The first-order chi connectivity index (χ1) is 15.4. The highest BCUT2D eigenvalue weighted by Gasteiger charge is 2.61. The van der Waals surface area contributed by atoms with Gasteiger partial charge >= 0.3 is 5.97 Å². The summed E-state index contributed by atoms with van der Waals surface area (Å²) in [6, 6.07) is 11.4. The molecule has 0 radical (unpaired) electrons. The Labute approximate surface area is 185 Å². The van der Waals surface area contributed by atoms with E-state index in [4.69, 9.17) is 18.9 Å². The molecule has 0 unspecified atom stereocenters. The summed E-state index contributed by atoms with van der Waals surface area (Å²) in [5, 5.41) is 11.5. The normalized spacial score (nSPS) is 28.1. The Bertz CT molecular complexity index is 1090. The predicted molar refractivity (Wildman–Crippen MR) is 114 cm³/mol. The average Bonchev–Trinajstić information content (AvgIpc) is 2.79. The molecular formula is C23H24N2O7. The van der Waals surface area contributed by atoms with Crippen LogP contribution >= 0.6 is 0 Å². The number of rotatable bonds is 4. The van der Waals surface area contributed by atoms with Gasteiger partial charge in [-0.2, -0.15) is 0 Å². The van der Waals surface area contributed by atoms with Crippen molar-refractivity contribution in [3.8, 4) is 5.75 Å². The van der Waals surface area contributed by atoms with Gasteiger partial charge < -0.3 is 23.8 Å². The highest BCUT2D eigenvalue weighted by Crippen LogP contribution is 2.52. The summed E-state index contributed by atoms with van der Waals surface area (Å²) in [7, 11) is 2.99. The SMILES string of the molecule is COC(OC)[C@]1(C)Oc2ccc([N+](=O)[O-])cc2[C@@H]2[C@H]1OC(=O)[C@H]1CCc3ccccc3N12. The first-order valence-corrected chi connectivity index (χ1v) is 10.5. The maximum Gasteiger partial charge on any atom is 0.329 e. The van der Waals surface area contributed by atoms with Gasteiger partial charge in [0.1, 0.15) is 17.8 Å². The molecule has 5 rings (SSSR count). The third-order valence-corrected chi connectivity index (χ3v) is 6.71. The van der Waals surface area contributed by atoms with Gasteiger partial charge in [0.05, 0.1) is 4.92 Å². The van der Waals surface area contributed by atoms with Crippen LogP contribution < -0.4 is 9.64 Å². The third-order valence-electron chi connectivity index (χ3n) is 6.71. The van der Waals surface area contributed by atoms with Gasteiger partial charge in [0, 0.05) is 37.6 Å². The maximum absolute atomic E-state index is 13.2. The van der Waals surface area contributed by atoms with E-state index in [9.17, 15) is 14.9 Å². The molecule has 1 saturated heterocycles. The van der Waals surface area contributed by atoms with Crippen LogP contribution in [0.1, 0.15) is 30.5 Å². The number of nitro benzene ring substituents is 1. The van der Waals surface area contributed by atoms with Gasteiger partial charge in [0.15, 0.2) is 11.7 Å². The zero-order chi connectivity index (χ0) is 22.6. The van der Waals surface area contributed by atoms with E-state index in [1.54, 1.807) is 13.0 Å². The Morgan fingerprint density at radius 3 is 2.69 bits per heavy atom. The minimum absolute atomic E-state index is 0.0523. The van der Waals surface area contributed by atoms with Crippen molar-refractivity contribution in [2.24, 2.45) is 0 Å². The van der Waals surface area contributed by atoms with E-state index in [-0.39, 0.29) is 11.7 Å². The van der Waals surface area contributed by atoms with Gasteiger partial charge in [-0.1, -0.05) is 18.2 Å². The third kappa shape index (κ3) is 2.88. The number of hydrogen-bond donors (Lipinski definition) is 0. The smallest absolute Gasteiger partial charge is 0.329 e. The van der Waals surface area contributed by atoms with Crippen molar-refractivity contribution in [1.29, 1.82) is 0 Å². The van der Waals surface area contributed by atoms with Gasteiger partial charge in [-0.05, 0) is 37.5 Å². The lowest BCUT2D eigenvalue weighted by Gasteiger charge is -2.56. The highest BCUT2D eigenvalue weighted by atomic mass is 16.7. The Balaban J connectivity index is 1.75. The summed E-state index contributed by atoms with van der Waals surface area (Å²) >= 11 is 0. The number of carbonyl (C=O) groups excluding carboxylic acids is 1. The number of fused-ring (bicyclic) bond motifs is 7. The first-order valence-electron chi connectivity index (χ1n) is 10.5. The molecule has 3 aliphatic heterocycles. The Morgan fingerprint density at radius 2 is 1.97 bits per heavy atom. The van der Waals surface area contributed by atoms with E-state index >= 15 is 0 Å². The Hall–Kier alpha value is -3.17. The summed E-state index contributed by atoms with van der Waals surface area (Å²) in [5.74, 6) is 0.119. The molecule has 9 heteroatoms. The number of nitro groups is 1. The molecule has 0 amide bonds. The number of hydrogen-bond acceptors (Lipinski definition) is 8. The highest BCUT2D eigenvalue weighted by molar-refractivity contribution is 5.84. The van der Waals surface area contributed by atoms with Gasteiger partial charge in [-0.15, -0.1) is 0 Å². The molecule has 9 nitrogen and oxygen atoms in total. The summed E-state index contributed by atoms with van der Waals surface area (Å²) in [6.07, 6.45) is -0.323. The topological polar surface area (TPSA) is 100 Å². The fourth-order valence-electron chi connectivity index (χ4n) is 5.32.